The molecule has 0 radical (unpaired) electrons. The molecule has 0 N–H and O–H groups in total. The van der Waals surface area contributed by atoms with E-state index in [1.807, 2.05) is 0 Å². The van der Waals surface area contributed by atoms with Gasteiger partial charge in [0.1, 0.15) is 0 Å². The smallest absolute Gasteiger partial charge is 0.0986 e. The zero-order valence-electron chi connectivity index (χ0n) is 13.4. The highest BCUT2D eigenvalue weighted by molar-refractivity contribution is 7.10. The van der Waals surface area contributed by atoms with E-state index in [1.54, 1.807) is 11.3 Å². The third kappa shape index (κ3) is 2.98. The Hall–Kier alpha value is -1.35. The molecule has 1 aliphatic rings. The molecule has 0 bridgehead atoms. The summed E-state index contributed by atoms with van der Waals surface area (Å²) in [4.78, 5) is 7.33. The zero-order chi connectivity index (χ0) is 15.0. The van der Waals surface area contributed by atoms with Crippen molar-refractivity contribution in [1.82, 2.24) is 4.98 Å². The lowest BCUT2D eigenvalue weighted by Crippen LogP contribution is -2.18. The molecule has 3 rings (SSSR count). The molecule has 2 nitrogen and oxygen atoms in total. The van der Waals surface area contributed by atoms with Crippen molar-refractivity contribution in [2.24, 2.45) is 0 Å². The van der Waals surface area contributed by atoms with E-state index in [-0.39, 0.29) is 5.41 Å². The van der Waals surface area contributed by atoms with Crippen molar-refractivity contribution in [3.05, 3.63) is 34.2 Å². The molecule has 0 amide bonds. The fourth-order valence-electron chi connectivity index (χ4n) is 2.88. The van der Waals surface area contributed by atoms with E-state index in [9.17, 15) is 0 Å². The monoisotopic (exact) mass is 300 g/mol. The number of benzene rings is 1. The van der Waals surface area contributed by atoms with Gasteiger partial charge in [-0.25, -0.2) is 4.98 Å². The Morgan fingerprint density at radius 1 is 1.14 bits per heavy atom. The van der Waals surface area contributed by atoms with Crippen LogP contribution in [0.15, 0.2) is 23.6 Å². The fraction of sp³-hybridized carbons (Fsp3) is 0.500. The summed E-state index contributed by atoms with van der Waals surface area (Å²) in [7, 11) is 0. The summed E-state index contributed by atoms with van der Waals surface area (Å²) in [6.07, 6.45) is 2.64. The van der Waals surface area contributed by atoms with Gasteiger partial charge in [0.2, 0.25) is 0 Å². The number of anilines is 1. The van der Waals surface area contributed by atoms with Crippen LogP contribution in [0.2, 0.25) is 0 Å². The Morgan fingerprint density at radius 2 is 1.86 bits per heavy atom. The highest BCUT2D eigenvalue weighted by atomic mass is 32.1. The van der Waals surface area contributed by atoms with Crippen LogP contribution >= 0.6 is 11.3 Å². The quantitative estimate of drug-likeness (QED) is 0.774. The maximum Gasteiger partial charge on any atom is 0.0986 e. The first-order valence-electron chi connectivity index (χ1n) is 7.77. The molecule has 3 heteroatoms. The molecule has 112 valence electrons. The molecule has 2 aromatic rings. The summed E-state index contributed by atoms with van der Waals surface area (Å²) in [5.41, 5.74) is 5.23. The molecular formula is C18H24N2S. The van der Waals surface area contributed by atoms with Crippen LogP contribution in [0.25, 0.3) is 11.3 Å². The normalized spacial score (nSPS) is 15.7. The Morgan fingerprint density at radius 3 is 2.43 bits per heavy atom. The molecular weight excluding hydrogens is 276 g/mol. The van der Waals surface area contributed by atoms with E-state index >= 15 is 0 Å². The molecule has 0 saturated carbocycles. The summed E-state index contributed by atoms with van der Waals surface area (Å²) in [6, 6.07) is 6.78. The highest BCUT2D eigenvalue weighted by Crippen LogP contribution is 2.32. The molecule has 1 aliphatic heterocycles. The molecule has 1 aromatic heterocycles. The molecule has 1 saturated heterocycles. The van der Waals surface area contributed by atoms with Gasteiger partial charge in [-0.15, -0.1) is 11.3 Å². The van der Waals surface area contributed by atoms with Crippen molar-refractivity contribution in [2.75, 3.05) is 18.0 Å². The summed E-state index contributed by atoms with van der Waals surface area (Å²) in [5, 5.41) is 3.39. The van der Waals surface area contributed by atoms with Crippen LogP contribution in [0.5, 0.6) is 0 Å². The Labute approximate surface area is 131 Å². The van der Waals surface area contributed by atoms with Crippen LogP contribution in [0.1, 0.15) is 44.2 Å². The molecule has 21 heavy (non-hydrogen) atoms. The maximum absolute atomic E-state index is 4.82. The maximum atomic E-state index is 4.82. The summed E-state index contributed by atoms with van der Waals surface area (Å²) in [6.45, 7) is 11.3. The molecule has 0 aliphatic carbocycles. The van der Waals surface area contributed by atoms with E-state index in [2.05, 4.69) is 56.2 Å². The third-order valence-electron chi connectivity index (χ3n) is 4.09. The molecule has 1 aromatic carbocycles. The van der Waals surface area contributed by atoms with E-state index in [4.69, 9.17) is 4.98 Å². The number of thiazole rings is 1. The van der Waals surface area contributed by atoms with Crippen molar-refractivity contribution in [2.45, 2.75) is 46.0 Å². The molecule has 1 fully saturated rings. The van der Waals surface area contributed by atoms with E-state index < -0.39 is 0 Å². The van der Waals surface area contributed by atoms with Gasteiger partial charge in [0.25, 0.3) is 0 Å². The summed E-state index contributed by atoms with van der Waals surface area (Å²) in [5.74, 6) is 0. The summed E-state index contributed by atoms with van der Waals surface area (Å²) >= 11 is 1.77. The minimum absolute atomic E-state index is 0.132. The Balaban J connectivity index is 1.89. The largest absolute Gasteiger partial charge is 0.371 e. The molecule has 2 heterocycles. The zero-order valence-corrected chi connectivity index (χ0v) is 14.3. The number of hydrogen-bond donors (Lipinski definition) is 0. The second-order valence-electron chi connectivity index (χ2n) is 6.98. The number of nitrogens with zero attached hydrogens (tertiary/aromatic N) is 2. The lowest BCUT2D eigenvalue weighted by atomic mass is 9.98. The van der Waals surface area contributed by atoms with Crippen LogP contribution in [0.3, 0.4) is 0 Å². The van der Waals surface area contributed by atoms with Crippen LogP contribution in [0, 0.1) is 6.92 Å². The minimum Gasteiger partial charge on any atom is -0.371 e. The average molecular weight is 300 g/mol. The van der Waals surface area contributed by atoms with Crippen LogP contribution < -0.4 is 4.90 Å². The minimum atomic E-state index is 0.132. The van der Waals surface area contributed by atoms with Gasteiger partial charge >= 0.3 is 0 Å². The van der Waals surface area contributed by atoms with Gasteiger partial charge in [0, 0.05) is 35.1 Å². The molecule has 0 atom stereocenters. The Bertz CT molecular complexity index is 631. The standard InChI is InChI=1S/C18H24N2S/c1-13-11-14(7-8-16(13)20-9-5-6-10-20)15-12-21-17(19-15)18(2,3)4/h7-8,11-12H,5-6,9-10H2,1-4H3. The van der Waals surface area contributed by atoms with Gasteiger partial charge in [-0.1, -0.05) is 26.8 Å². The average Bonchev–Trinajstić information content (AvgIpc) is 3.09. The van der Waals surface area contributed by atoms with Crippen LogP contribution in [0.4, 0.5) is 5.69 Å². The second-order valence-corrected chi connectivity index (χ2v) is 7.84. The lowest BCUT2D eigenvalue weighted by Gasteiger charge is -2.20. The number of hydrogen-bond acceptors (Lipinski definition) is 3. The second kappa shape index (κ2) is 5.45. The van der Waals surface area contributed by atoms with Crippen LogP contribution in [-0.4, -0.2) is 18.1 Å². The topological polar surface area (TPSA) is 16.1 Å². The van der Waals surface area contributed by atoms with Gasteiger partial charge in [-0.3, -0.25) is 0 Å². The van der Waals surface area contributed by atoms with Crippen molar-refractivity contribution < 1.29 is 0 Å². The number of rotatable bonds is 2. The van der Waals surface area contributed by atoms with Gasteiger partial charge in [-0.05, 0) is 37.5 Å². The van der Waals surface area contributed by atoms with Crippen molar-refractivity contribution in [3.8, 4) is 11.3 Å². The third-order valence-corrected chi connectivity index (χ3v) is 5.35. The lowest BCUT2D eigenvalue weighted by molar-refractivity contribution is 0.586. The predicted octanol–water partition coefficient (Wildman–Crippen LogP) is 5.02. The van der Waals surface area contributed by atoms with E-state index in [0.717, 1.165) is 5.69 Å². The van der Waals surface area contributed by atoms with Gasteiger partial charge < -0.3 is 4.90 Å². The first-order chi connectivity index (χ1) is 9.95. The SMILES string of the molecule is Cc1cc(-c2csc(C(C)(C)C)n2)ccc1N1CCCC1. The van der Waals surface area contributed by atoms with Crippen molar-refractivity contribution in [1.29, 1.82) is 0 Å². The fourth-order valence-corrected chi connectivity index (χ4v) is 3.80. The van der Waals surface area contributed by atoms with Crippen molar-refractivity contribution >= 4 is 17.0 Å². The van der Waals surface area contributed by atoms with Gasteiger partial charge in [0.15, 0.2) is 0 Å². The van der Waals surface area contributed by atoms with E-state index in [0.29, 0.717) is 0 Å². The van der Waals surface area contributed by atoms with Gasteiger partial charge in [0.05, 0.1) is 10.7 Å². The van der Waals surface area contributed by atoms with Crippen LogP contribution in [-0.2, 0) is 5.41 Å². The summed E-state index contributed by atoms with van der Waals surface area (Å²) < 4.78 is 0. The first-order valence-corrected chi connectivity index (χ1v) is 8.65. The van der Waals surface area contributed by atoms with E-state index in [1.165, 1.54) is 47.8 Å². The highest BCUT2D eigenvalue weighted by Gasteiger charge is 2.19. The first kappa shape index (κ1) is 14.6. The number of aromatic nitrogens is 1. The molecule has 0 unspecified atom stereocenters. The molecule has 0 spiro atoms. The predicted molar refractivity (Wildman–Crippen MR) is 92.4 cm³/mol. The van der Waals surface area contributed by atoms with Gasteiger partial charge in [-0.2, -0.15) is 0 Å². The number of aryl methyl sites for hydroxylation is 1. The van der Waals surface area contributed by atoms with Crippen molar-refractivity contribution in [3.63, 3.8) is 0 Å². The Kier molecular flexibility index (Phi) is 3.78.